The van der Waals surface area contributed by atoms with Gasteiger partial charge in [0.1, 0.15) is 0 Å². The van der Waals surface area contributed by atoms with Crippen LogP contribution in [0.5, 0.6) is 0 Å². The van der Waals surface area contributed by atoms with Crippen molar-refractivity contribution in [3.63, 3.8) is 0 Å². The zero-order valence-corrected chi connectivity index (χ0v) is 11.9. The van der Waals surface area contributed by atoms with E-state index in [2.05, 4.69) is 0 Å². The summed E-state index contributed by atoms with van der Waals surface area (Å²) >= 11 is 0. The predicted octanol–water partition coefficient (Wildman–Crippen LogP) is 0.709. The average Bonchev–Trinajstić information content (AvgIpc) is 2.18. The summed E-state index contributed by atoms with van der Waals surface area (Å²) in [6.07, 6.45) is 0. The van der Waals surface area contributed by atoms with Crippen LogP contribution in [0.25, 0.3) is 0 Å². The summed E-state index contributed by atoms with van der Waals surface area (Å²) < 4.78 is 17.1. The molecule has 2 unspecified atom stereocenters. The molecule has 0 aromatic rings. The lowest BCUT2D eigenvalue weighted by Gasteiger charge is -2.31. The van der Waals surface area contributed by atoms with Crippen LogP contribution in [0.15, 0.2) is 0 Å². The summed E-state index contributed by atoms with van der Waals surface area (Å²) in [5.41, 5.74) is 11.7. The van der Waals surface area contributed by atoms with E-state index in [1.54, 1.807) is 0 Å². The Bertz CT molecular complexity index is 164. The molecule has 6 heteroatoms. The molecule has 0 saturated carbocycles. The summed E-state index contributed by atoms with van der Waals surface area (Å²) in [6, 6.07) is 0.324. The summed E-state index contributed by atoms with van der Waals surface area (Å²) in [7, 11) is -2.63. The van der Waals surface area contributed by atoms with Gasteiger partial charge >= 0.3 is 8.80 Å². The third-order valence-electron chi connectivity index (χ3n) is 2.25. The molecular formula is C10H26N2O3Si. The molecule has 0 spiro atoms. The monoisotopic (exact) mass is 250 g/mol. The molecule has 0 rings (SSSR count). The van der Waals surface area contributed by atoms with Crippen LogP contribution < -0.4 is 11.5 Å². The normalized spacial score (nSPS) is 16.1. The Morgan fingerprint density at radius 1 is 0.938 bits per heavy atom. The summed E-state index contributed by atoms with van der Waals surface area (Å²) in [5.74, 6) is 0. The molecule has 0 radical (unpaired) electrons. The van der Waals surface area contributed by atoms with Crippen molar-refractivity contribution in [1.82, 2.24) is 0 Å². The lowest BCUT2D eigenvalue weighted by Crippen LogP contribution is -2.53. The van der Waals surface area contributed by atoms with Crippen molar-refractivity contribution in [3.8, 4) is 0 Å². The Kier molecular flexibility index (Phi) is 8.17. The fraction of sp³-hybridized carbons (Fsp3) is 1.00. The molecule has 4 N–H and O–H groups in total. The van der Waals surface area contributed by atoms with Crippen LogP contribution in [-0.2, 0) is 13.3 Å². The Balaban J connectivity index is 4.57. The molecule has 98 valence electrons. The van der Waals surface area contributed by atoms with Crippen LogP contribution in [0, 0.1) is 0 Å². The summed E-state index contributed by atoms with van der Waals surface area (Å²) in [6.45, 7) is 9.37. The van der Waals surface area contributed by atoms with Gasteiger partial charge in [-0.15, -0.1) is 0 Å². The van der Waals surface area contributed by atoms with E-state index in [1.807, 2.05) is 27.7 Å². The highest BCUT2D eigenvalue weighted by atomic mass is 28.4. The first-order valence-electron chi connectivity index (χ1n) is 5.94. The van der Waals surface area contributed by atoms with E-state index >= 15 is 0 Å². The Hall–Kier alpha value is 0.0169. The van der Waals surface area contributed by atoms with E-state index in [0.717, 1.165) is 0 Å². The van der Waals surface area contributed by atoms with Crippen molar-refractivity contribution in [2.45, 2.75) is 45.8 Å². The summed E-state index contributed by atoms with van der Waals surface area (Å²) in [4.78, 5) is 0. The molecule has 0 amide bonds. The lowest BCUT2D eigenvalue weighted by atomic mass is 10.2. The van der Waals surface area contributed by atoms with Gasteiger partial charge < -0.3 is 24.7 Å². The Morgan fingerprint density at radius 3 is 1.56 bits per heavy atom. The van der Waals surface area contributed by atoms with Gasteiger partial charge in [0.25, 0.3) is 0 Å². The molecule has 0 bridgehead atoms. The van der Waals surface area contributed by atoms with Crippen molar-refractivity contribution in [2.24, 2.45) is 11.5 Å². The van der Waals surface area contributed by atoms with Gasteiger partial charge in [-0.25, -0.2) is 0 Å². The molecule has 0 saturated heterocycles. The molecule has 0 aliphatic heterocycles. The molecule has 5 nitrogen and oxygen atoms in total. The minimum atomic E-state index is -2.63. The maximum atomic E-state index is 5.96. The third-order valence-corrected chi connectivity index (χ3v) is 5.41. The van der Waals surface area contributed by atoms with Gasteiger partial charge in [0.05, 0.1) is 0 Å². The molecule has 2 atom stereocenters. The number of hydrogen-bond acceptors (Lipinski definition) is 5. The minimum absolute atomic E-state index is 0.0896. The van der Waals surface area contributed by atoms with Gasteiger partial charge in [-0.3, -0.25) is 0 Å². The van der Waals surface area contributed by atoms with Gasteiger partial charge in [0.2, 0.25) is 0 Å². The van der Waals surface area contributed by atoms with Crippen molar-refractivity contribution in [1.29, 1.82) is 0 Å². The lowest BCUT2D eigenvalue weighted by molar-refractivity contribution is 0.0691. The zero-order chi connectivity index (χ0) is 12.6. The van der Waals surface area contributed by atoms with Crippen molar-refractivity contribution in [3.05, 3.63) is 0 Å². The molecule has 0 heterocycles. The Labute approximate surface area is 99.8 Å². The predicted molar refractivity (Wildman–Crippen MR) is 67.1 cm³/mol. The van der Waals surface area contributed by atoms with Crippen LogP contribution in [0.2, 0.25) is 6.04 Å². The number of hydrogen-bond donors (Lipinski definition) is 2. The quantitative estimate of drug-likeness (QED) is 0.589. The summed E-state index contributed by atoms with van der Waals surface area (Å²) in [5, 5.41) is 0. The molecular weight excluding hydrogens is 224 g/mol. The van der Waals surface area contributed by atoms with Crippen molar-refractivity contribution < 1.29 is 13.3 Å². The highest BCUT2D eigenvalue weighted by Gasteiger charge is 2.42. The second kappa shape index (κ2) is 8.16. The zero-order valence-electron chi connectivity index (χ0n) is 10.9. The smallest absolute Gasteiger partial charge is 0.374 e. The van der Waals surface area contributed by atoms with E-state index in [9.17, 15) is 0 Å². The topological polar surface area (TPSA) is 79.7 Å². The SMILES string of the molecule is CCO[Si](CC(N)C(C)N)(OCC)OCC. The van der Waals surface area contributed by atoms with Gasteiger partial charge in [-0.05, 0) is 27.7 Å². The van der Waals surface area contributed by atoms with Crippen molar-refractivity contribution in [2.75, 3.05) is 19.8 Å². The van der Waals surface area contributed by atoms with Crippen LogP contribution in [-0.4, -0.2) is 40.7 Å². The van der Waals surface area contributed by atoms with Gasteiger partial charge in [-0.1, -0.05) is 0 Å². The van der Waals surface area contributed by atoms with Crippen LogP contribution in [0.4, 0.5) is 0 Å². The highest BCUT2D eigenvalue weighted by molar-refractivity contribution is 6.60. The maximum Gasteiger partial charge on any atom is 0.502 e. The largest absolute Gasteiger partial charge is 0.502 e. The third kappa shape index (κ3) is 5.38. The van der Waals surface area contributed by atoms with Gasteiger partial charge in [0.15, 0.2) is 0 Å². The first-order chi connectivity index (χ1) is 7.51. The van der Waals surface area contributed by atoms with Crippen LogP contribution >= 0.6 is 0 Å². The standard InChI is InChI=1S/C10H26N2O3Si/c1-5-13-16(14-6-2,15-7-3)8-10(12)9(4)11/h9-10H,5-8,11-12H2,1-4H3. The average molecular weight is 250 g/mol. The molecule has 0 aliphatic rings. The second-order valence-electron chi connectivity index (χ2n) is 3.71. The van der Waals surface area contributed by atoms with E-state index in [-0.39, 0.29) is 12.1 Å². The molecule has 0 aromatic carbocycles. The van der Waals surface area contributed by atoms with Crippen molar-refractivity contribution >= 4 is 8.80 Å². The second-order valence-corrected chi connectivity index (χ2v) is 6.35. The fourth-order valence-electron chi connectivity index (χ4n) is 1.44. The molecule has 0 aromatic heterocycles. The molecule has 0 fully saturated rings. The van der Waals surface area contributed by atoms with Crippen LogP contribution in [0.3, 0.4) is 0 Å². The first-order valence-corrected chi connectivity index (χ1v) is 7.87. The number of rotatable bonds is 9. The maximum absolute atomic E-state index is 5.96. The van der Waals surface area contributed by atoms with Gasteiger partial charge in [0, 0.05) is 37.9 Å². The van der Waals surface area contributed by atoms with E-state index in [4.69, 9.17) is 24.7 Å². The van der Waals surface area contributed by atoms with Gasteiger partial charge in [-0.2, -0.15) is 0 Å². The van der Waals surface area contributed by atoms with Crippen LogP contribution in [0.1, 0.15) is 27.7 Å². The fourth-order valence-corrected chi connectivity index (χ4v) is 4.31. The Morgan fingerprint density at radius 2 is 1.31 bits per heavy atom. The minimum Gasteiger partial charge on any atom is -0.374 e. The van der Waals surface area contributed by atoms with E-state index in [1.165, 1.54) is 0 Å². The highest BCUT2D eigenvalue weighted by Crippen LogP contribution is 2.18. The number of nitrogens with two attached hydrogens (primary N) is 2. The van der Waals surface area contributed by atoms with E-state index in [0.29, 0.717) is 25.9 Å². The molecule has 0 aliphatic carbocycles. The van der Waals surface area contributed by atoms with E-state index < -0.39 is 8.80 Å². The first kappa shape index (κ1) is 16.0. The molecule has 16 heavy (non-hydrogen) atoms.